The molecule has 1 aromatic carbocycles. The summed E-state index contributed by atoms with van der Waals surface area (Å²) in [5, 5.41) is 21.5. The Bertz CT molecular complexity index is 533. The molecule has 0 spiro atoms. The van der Waals surface area contributed by atoms with Crippen LogP contribution in [0.1, 0.15) is 10.4 Å². The Kier molecular flexibility index (Phi) is 4.35. The van der Waals surface area contributed by atoms with Crippen molar-refractivity contribution in [3.8, 4) is 5.75 Å². The molecule has 0 fully saturated rings. The summed E-state index contributed by atoms with van der Waals surface area (Å²) in [5.74, 6) is -1.80. The first-order valence-electron chi connectivity index (χ1n) is 4.63. The van der Waals surface area contributed by atoms with E-state index in [4.69, 9.17) is 0 Å². The number of nitro benzene ring substituents is 1. The fraction of sp³-hybridized carbons (Fsp3) is 0.222. The first-order valence-corrected chi connectivity index (χ1v) is 5.43. The summed E-state index contributed by atoms with van der Waals surface area (Å²) in [7, 11) is 0. The monoisotopic (exact) mass is 342 g/mol. The van der Waals surface area contributed by atoms with E-state index in [2.05, 4.69) is 15.9 Å². The van der Waals surface area contributed by atoms with Crippen LogP contribution in [0.5, 0.6) is 5.75 Å². The van der Waals surface area contributed by atoms with E-state index in [1.807, 2.05) is 0 Å². The largest absolute Gasteiger partial charge is 0.507 e. The van der Waals surface area contributed by atoms with Crippen molar-refractivity contribution in [1.29, 1.82) is 0 Å². The summed E-state index contributed by atoms with van der Waals surface area (Å²) < 4.78 is 35.7. The highest BCUT2D eigenvalue weighted by atomic mass is 79.9. The highest BCUT2D eigenvalue weighted by molar-refractivity contribution is 9.10. The Labute approximate surface area is 112 Å². The number of amides is 1. The van der Waals surface area contributed by atoms with E-state index in [-0.39, 0.29) is 4.47 Å². The molecule has 10 heteroatoms. The number of nitro groups is 1. The average molecular weight is 343 g/mol. The summed E-state index contributed by atoms with van der Waals surface area (Å²) in [6, 6.07) is 1.55. The lowest BCUT2D eigenvalue weighted by atomic mass is 10.1. The van der Waals surface area contributed by atoms with E-state index < -0.39 is 40.6 Å². The van der Waals surface area contributed by atoms with Gasteiger partial charge in [-0.15, -0.1) is 0 Å². The molecule has 104 valence electrons. The summed E-state index contributed by atoms with van der Waals surface area (Å²) in [4.78, 5) is 21.2. The smallest absolute Gasteiger partial charge is 0.405 e. The van der Waals surface area contributed by atoms with E-state index in [1.165, 1.54) is 5.32 Å². The van der Waals surface area contributed by atoms with Gasteiger partial charge in [0, 0.05) is 12.1 Å². The molecule has 0 radical (unpaired) electrons. The Morgan fingerprint density at radius 1 is 1.47 bits per heavy atom. The number of aromatic hydroxyl groups is 1. The van der Waals surface area contributed by atoms with Crippen molar-refractivity contribution in [2.24, 2.45) is 0 Å². The predicted octanol–water partition coefficient (Wildman–Crippen LogP) is 2.36. The van der Waals surface area contributed by atoms with Crippen LogP contribution >= 0.6 is 15.9 Å². The first-order chi connectivity index (χ1) is 8.61. The Morgan fingerprint density at radius 2 is 2.05 bits per heavy atom. The number of halogens is 4. The van der Waals surface area contributed by atoms with Gasteiger partial charge in [0.05, 0.1) is 9.40 Å². The lowest BCUT2D eigenvalue weighted by molar-refractivity contribution is -0.385. The second kappa shape index (κ2) is 5.43. The number of carbonyl (C=O) groups is 1. The molecular weight excluding hydrogens is 337 g/mol. The van der Waals surface area contributed by atoms with Crippen molar-refractivity contribution in [2.45, 2.75) is 6.18 Å². The van der Waals surface area contributed by atoms with Gasteiger partial charge in [-0.2, -0.15) is 13.2 Å². The van der Waals surface area contributed by atoms with Crippen LogP contribution in [0.25, 0.3) is 0 Å². The number of nitrogens with zero attached hydrogens (tertiary/aromatic N) is 1. The van der Waals surface area contributed by atoms with Gasteiger partial charge in [-0.05, 0) is 15.9 Å². The average Bonchev–Trinajstić information content (AvgIpc) is 2.27. The SMILES string of the molecule is O=C(NCC(F)(F)F)c1cc(O)c(Br)cc1[N+](=O)[O-]. The molecule has 1 amide bonds. The molecule has 0 aliphatic rings. The van der Waals surface area contributed by atoms with Gasteiger partial charge in [0.25, 0.3) is 11.6 Å². The van der Waals surface area contributed by atoms with Gasteiger partial charge in [0.15, 0.2) is 0 Å². The first kappa shape index (κ1) is 15.2. The highest BCUT2D eigenvalue weighted by Crippen LogP contribution is 2.31. The molecule has 0 bridgehead atoms. The maximum Gasteiger partial charge on any atom is 0.405 e. The third-order valence-corrected chi connectivity index (χ3v) is 2.59. The molecule has 0 atom stereocenters. The number of rotatable bonds is 3. The number of alkyl halides is 3. The zero-order chi connectivity index (χ0) is 14.8. The van der Waals surface area contributed by atoms with Gasteiger partial charge in [0.2, 0.25) is 0 Å². The van der Waals surface area contributed by atoms with Crippen molar-refractivity contribution in [3.05, 3.63) is 32.3 Å². The molecule has 2 N–H and O–H groups in total. The van der Waals surface area contributed by atoms with E-state index in [0.717, 1.165) is 6.07 Å². The van der Waals surface area contributed by atoms with Crippen LogP contribution in [-0.2, 0) is 0 Å². The van der Waals surface area contributed by atoms with Gasteiger partial charge < -0.3 is 10.4 Å². The standard InChI is InChI=1S/C9H6BrF3N2O4/c10-5-2-6(15(18)19)4(1-7(5)16)8(17)14-3-9(11,12)13/h1-2,16H,3H2,(H,14,17). The lowest BCUT2D eigenvalue weighted by Gasteiger charge is -2.09. The molecule has 1 rings (SSSR count). The van der Waals surface area contributed by atoms with Gasteiger partial charge in [-0.25, -0.2) is 0 Å². The highest BCUT2D eigenvalue weighted by Gasteiger charge is 2.30. The predicted molar refractivity (Wildman–Crippen MR) is 60.8 cm³/mol. The molecule has 0 aliphatic carbocycles. The maximum atomic E-state index is 11.9. The van der Waals surface area contributed by atoms with E-state index in [0.29, 0.717) is 6.07 Å². The Morgan fingerprint density at radius 3 is 2.53 bits per heavy atom. The molecule has 0 aromatic heterocycles. The van der Waals surface area contributed by atoms with Crippen molar-refractivity contribution in [2.75, 3.05) is 6.54 Å². The molecular formula is C9H6BrF3N2O4. The lowest BCUT2D eigenvalue weighted by Crippen LogP contribution is -2.34. The molecule has 19 heavy (non-hydrogen) atoms. The van der Waals surface area contributed by atoms with Crippen LogP contribution < -0.4 is 5.32 Å². The molecule has 6 nitrogen and oxygen atoms in total. The van der Waals surface area contributed by atoms with E-state index in [9.17, 15) is 33.2 Å². The number of hydrogen-bond donors (Lipinski definition) is 2. The number of nitrogens with one attached hydrogen (secondary N) is 1. The minimum absolute atomic E-state index is 0.0495. The quantitative estimate of drug-likeness (QED) is 0.651. The van der Waals surface area contributed by atoms with Gasteiger partial charge in [0.1, 0.15) is 17.9 Å². The third-order valence-electron chi connectivity index (χ3n) is 1.96. The van der Waals surface area contributed by atoms with E-state index in [1.54, 1.807) is 0 Å². The number of benzene rings is 1. The summed E-state index contributed by atoms with van der Waals surface area (Å²) in [5.41, 5.74) is -1.38. The second-order valence-corrected chi connectivity index (χ2v) is 4.23. The summed E-state index contributed by atoms with van der Waals surface area (Å²) in [6.45, 7) is -1.63. The van der Waals surface area contributed by atoms with Crippen molar-refractivity contribution < 1.29 is 28.0 Å². The van der Waals surface area contributed by atoms with Crippen LogP contribution in [-0.4, -0.2) is 28.7 Å². The van der Waals surface area contributed by atoms with Crippen molar-refractivity contribution in [3.63, 3.8) is 0 Å². The molecule has 0 saturated heterocycles. The fourth-order valence-corrected chi connectivity index (χ4v) is 1.49. The summed E-state index contributed by atoms with van der Waals surface area (Å²) >= 11 is 2.80. The van der Waals surface area contributed by atoms with Gasteiger partial charge in [-0.1, -0.05) is 0 Å². The van der Waals surface area contributed by atoms with Gasteiger partial charge in [-0.3, -0.25) is 14.9 Å². The maximum absolute atomic E-state index is 11.9. The Hall–Kier alpha value is -1.84. The Balaban J connectivity index is 3.08. The van der Waals surface area contributed by atoms with Crippen LogP contribution in [0.15, 0.2) is 16.6 Å². The molecule has 1 aromatic rings. The topological polar surface area (TPSA) is 92.5 Å². The molecule has 0 unspecified atom stereocenters. The number of phenolic OH excluding ortho intramolecular Hbond substituents is 1. The van der Waals surface area contributed by atoms with Crippen molar-refractivity contribution in [1.82, 2.24) is 5.32 Å². The molecule has 0 heterocycles. The van der Waals surface area contributed by atoms with Crippen LogP contribution in [0.2, 0.25) is 0 Å². The van der Waals surface area contributed by atoms with Crippen LogP contribution in [0.4, 0.5) is 18.9 Å². The zero-order valence-corrected chi connectivity index (χ0v) is 10.6. The molecule has 0 saturated carbocycles. The third kappa shape index (κ3) is 4.09. The van der Waals surface area contributed by atoms with Gasteiger partial charge >= 0.3 is 6.18 Å². The normalized spacial score (nSPS) is 11.2. The van der Waals surface area contributed by atoms with Crippen molar-refractivity contribution >= 4 is 27.5 Å². The number of phenols is 1. The van der Waals surface area contributed by atoms with Crippen LogP contribution in [0, 0.1) is 10.1 Å². The minimum atomic E-state index is -4.64. The zero-order valence-electron chi connectivity index (χ0n) is 8.99. The minimum Gasteiger partial charge on any atom is -0.507 e. The second-order valence-electron chi connectivity index (χ2n) is 3.38. The number of carbonyl (C=O) groups excluding carboxylic acids is 1. The summed E-state index contributed by atoms with van der Waals surface area (Å²) in [6.07, 6.45) is -4.64. The van der Waals surface area contributed by atoms with E-state index >= 15 is 0 Å². The fourth-order valence-electron chi connectivity index (χ4n) is 1.16. The van der Waals surface area contributed by atoms with Crippen LogP contribution in [0.3, 0.4) is 0 Å². The molecule has 0 aliphatic heterocycles. The number of hydrogen-bond acceptors (Lipinski definition) is 4.